The van der Waals surface area contributed by atoms with Crippen LogP contribution < -0.4 is 0 Å². The standard InChI is InChI=1S/C16H17ClN2O2/c17-15-14(6-11-21-15)16(20)19-9-7-18(8-10-19)12-13-4-2-1-3-5-13/h1-6,11H,7-10,12H2. The third-order valence-electron chi connectivity index (χ3n) is 3.76. The van der Waals surface area contributed by atoms with Crippen molar-refractivity contribution in [1.29, 1.82) is 0 Å². The summed E-state index contributed by atoms with van der Waals surface area (Å²) in [6.07, 6.45) is 1.45. The molecule has 0 atom stereocenters. The normalized spacial score (nSPS) is 16.1. The van der Waals surface area contributed by atoms with Crippen molar-refractivity contribution in [1.82, 2.24) is 9.80 Å². The molecule has 5 heteroatoms. The number of carbonyl (C=O) groups is 1. The summed E-state index contributed by atoms with van der Waals surface area (Å²) in [5.41, 5.74) is 1.75. The van der Waals surface area contributed by atoms with Crippen molar-refractivity contribution >= 4 is 17.5 Å². The number of benzene rings is 1. The first-order valence-electron chi connectivity index (χ1n) is 7.02. The van der Waals surface area contributed by atoms with Gasteiger partial charge in [-0.2, -0.15) is 0 Å². The van der Waals surface area contributed by atoms with Crippen LogP contribution in [-0.2, 0) is 6.54 Å². The number of carbonyl (C=O) groups excluding carboxylic acids is 1. The lowest BCUT2D eigenvalue weighted by atomic mass is 10.2. The lowest BCUT2D eigenvalue weighted by Crippen LogP contribution is -2.48. The zero-order valence-corrected chi connectivity index (χ0v) is 12.4. The van der Waals surface area contributed by atoms with Gasteiger partial charge in [0.05, 0.1) is 11.8 Å². The van der Waals surface area contributed by atoms with E-state index in [0.29, 0.717) is 18.7 Å². The molecular formula is C16H17ClN2O2. The van der Waals surface area contributed by atoms with Crippen LogP contribution in [0.15, 0.2) is 47.1 Å². The maximum absolute atomic E-state index is 12.3. The van der Waals surface area contributed by atoms with E-state index in [4.69, 9.17) is 16.0 Å². The van der Waals surface area contributed by atoms with E-state index in [1.165, 1.54) is 11.8 Å². The highest BCUT2D eigenvalue weighted by molar-refractivity contribution is 6.32. The number of furan rings is 1. The maximum Gasteiger partial charge on any atom is 0.258 e. The highest BCUT2D eigenvalue weighted by Crippen LogP contribution is 2.19. The first-order chi connectivity index (χ1) is 10.2. The molecule has 1 fully saturated rings. The van der Waals surface area contributed by atoms with Gasteiger partial charge in [-0.05, 0) is 23.2 Å². The fraction of sp³-hybridized carbons (Fsp3) is 0.312. The maximum atomic E-state index is 12.3. The number of piperazine rings is 1. The lowest BCUT2D eigenvalue weighted by molar-refractivity contribution is 0.0628. The summed E-state index contributed by atoms with van der Waals surface area (Å²) in [4.78, 5) is 16.5. The molecule has 0 saturated carbocycles. The van der Waals surface area contributed by atoms with Gasteiger partial charge >= 0.3 is 0 Å². The molecule has 1 aromatic carbocycles. The van der Waals surface area contributed by atoms with E-state index < -0.39 is 0 Å². The SMILES string of the molecule is O=C(c1ccoc1Cl)N1CCN(Cc2ccccc2)CC1. The highest BCUT2D eigenvalue weighted by atomic mass is 35.5. The summed E-state index contributed by atoms with van der Waals surface area (Å²) in [6, 6.07) is 12.0. The molecule has 1 saturated heterocycles. The second-order valence-corrected chi connectivity index (χ2v) is 5.51. The van der Waals surface area contributed by atoms with Crippen LogP contribution in [0.4, 0.5) is 0 Å². The number of hydrogen-bond acceptors (Lipinski definition) is 3. The van der Waals surface area contributed by atoms with Crippen molar-refractivity contribution in [3.8, 4) is 0 Å². The number of hydrogen-bond donors (Lipinski definition) is 0. The zero-order valence-electron chi connectivity index (χ0n) is 11.7. The molecule has 110 valence electrons. The van der Waals surface area contributed by atoms with Gasteiger partial charge in [0.15, 0.2) is 0 Å². The predicted octanol–water partition coefficient (Wildman–Crippen LogP) is 2.89. The smallest absolute Gasteiger partial charge is 0.258 e. The van der Waals surface area contributed by atoms with Gasteiger partial charge in [-0.1, -0.05) is 30.3 Å². The number of halogens is 1. The second kappa shape index (κ2) is 6.33. The molecule has 0 unspecified atom stereocenters. The Morgan fingerprint density at radius 1 is 1.10 bits per heavy atom. The van der Waals surface area contributed by atoms with Gasteiger partial charge in [-0.25, -0.2) is 0 Å². The second-order valence-electron chi connectivity index (χ2n) is 5.16. The van der Waals surface area contributed by atoms with Crippen molar-refractivity contribution in [3.63, 3.8) is 0 Å². The molecule has 0 spiro atoms. The molecule has 2 heterocycles. The van der Waals surface area contributed by atoms with Crippen LogP contribution in [-0.4, -0.2) is 41.9 Å². The predicted molar refractivity (Wildman–Crippen MR) is 81.3 cm³/mol. The number of nitrogens with zero attached hydrogens (tertiary/aromatic N) is 2. The van der Waals surface area contributed by atoms with Gasteiger partial charge in [0.2, 0.25) is 5.22 Å². The van der Waals surface area contributed by atoms with Crippen LogP contribution >= 0.6 is 11.6 Å². The Labute approximate surface area is 128 Å². The van der Waals surface area contributed by atoms with Crippen LogP contribution in [0, 0.1) is 0 Å². The van der Waals surface area contributed by atoms with Gasteiger partial charge in [0.1, 0.15) is 0 Å². The van der Waals surface area contributed by atoms with Crippen molar-refractivity contribution in [2.75, 3.05) is 26.2 Å². The Kier molecular flexibility index (Phi) is 4.27. The van der Waals surface area contributed by atoms with Crippen LogP contribution in [0.2, 0.25) is 5.22 Å². The van der Waals surface area contributed by atoms with Gasteiger partial charge in [0, 0.05) is 32.7 Å². The molecule has 0 bridgehead atoms. The fourth-order valence-corrected chi connectivity index (χ4v) is 2.76. The summed E-state index contributed by atoms with van der Waals surface area (Å²) in [7, 11) is 0. The molecule has 1 aliphatic heterocycles. The van der Waals surface area contributed by atoms with E-state index in [-0.39, 0.29) is 11.1 Å². The molecule has 0 aliphatic carbocycles. The van der Waals surface area contributed by atoms with Gasteiger partial charge in [0.25, 0.3) is 5.91 Å². The summed E-state index contributed by atoms with van der Waals surface area (Å²) >= 11 is 5.87. The van der Waals surface area contributed by atoms with Crippen LogP contribution in [0.5, 0.6) is 0 Å². The molecule has 21 heavy (non-hydrogen) atoms. The molecule has 1 aliphatic rings. The first kappa shape index (κ1) is 14.2. The van der Waals surface area contributed by atoms with E-state index in [1.807, 2.05) is 11.0 Å². The Balaban J connectivity index is 1.56. The summed E-state index contributed by atoms with van der Waals surface area (Å²) in [5.74, 6) is -0.0480. The van der Waals surface area contributed by atoms with Gasteiger partial charge < -0.3 is 9.32 Å². The Bertz CT molecular complexity index is 604. The Morgan fingerprint density at radius 2 is 1.81 bits per heavy atom. The topological polar surface area (TPSA) is 36.7 Å². The quantitative estimate of drug-likeness (QED) is 0.875. The summed E-state index contributed by atoms with van der Waals surface area (Å²) in [5, 5.41) is 0.173. The number of amides is 1. The Morgan fingerprint density at radius 3 is 2.43 bits per heavy atom. The van der Waals surface area contributed by atoms with Crippen LogP contribution in [0.1, 0.15) is 15.9 Å². The molecule has 0 radical (unpaired) electrons. The van der Waals surface area contributed by atoms with Crippen LogP contribution in [0.25, 0.3) is 0 Å². The minimum absolute atomic E-state index is 0.0480. The third-order valence-corrected chi connectivity index (χ3v) is 4.05. The van der Waals surface area contributed by atoms with E-state index in [0.717, 1.165) is 19.6 Å². The average Bonchev–Trinajstić information content (AvgIpc) is 2.94. The molecular weight excluding hydrogens is 288 g/mol. The van der Waals surface area contributed by atoms with E-state index in [2.05, 4.69) is 29.2 Å². The van der Waals surface area contributed by atoms with E-state index in [1.54, 1.807) is 6.07 Å². The average molecular weight is 305 g/mol. The monoisotopic (exact) mass is 304 g/mol. The van der Waals surface area contributed by atoms with E-state index in [9.17, 15) is 4.79 Å². The van der Waals surface area contributed by atoms with Crippen molar-refractivity contribution in [3.05, 3.63) is 59.0 Å². The first-order valence-corrected chi connectivity index (χ1v) is 7.40. The molecule has 0 N–H and O–H groups in total. The van der Waals surface area contributed by atoms with Crippen molar-refractivity contribution in [2.24, 2.45) is 0 Å². The molecule has 2 aromatic rings. The fourth-order valence-electron chi connectivity index (χ4n) is 2.57. The van der Waals surface area contributed by atoms with Crippen LogP contribution in [0.3, 0.4) is 0 Å². The summed E-state index contributed by atoms with van der Waals surface area (Å²) in [6.45, 7) is 4.10. The number of rotatable bonds is 3. The van der Waals surface area contributed by atoms with Gasteiger partial charge in [-0.15, -0.1) is 0 Å². The molecule has 4 nitrogen and oxygen atoms in total. The van der Waals surface area contributed by atoms with E-state index >= 15 is 0 Å². The zero-order chi connectivity index (χ0) is 14.7. The Hall–Kier alpha value is -1.78. The molecule has 1 aromatic heterocycles. The van der Waals surface area contributed by atoms with Crippen molar-refractivity contribution < 1.29 is 9.21 Å². The third kappa shape index (κ3) is 3.28. The minimum Gasteiger partial charge on any atom is -0.452 e. The highest BCUT2D eigenvalue weighted by Gasteiger charge is 2.24. The minimum atomic E-state index is -0.0480. The van der Waals surface area contributed by atoms with Crippen molar-refractivity contribution in [2.45, 2.75) is 6.54 Å². The molecule has 1 amide bonds. The lowest BCUT2D eigenvalue weighted by Gasteiger charge is -2.34. The largest absolute Gasteiger partial charge is 0.452 e. The molecule has 3 rings (SSSR count). The van der Waals surface area contributed by atoms with Gasteiger partial charge in [-0.3, -0.25) is 9.69 Å². The summed E-state index contributed by atoms with van der Waals surface area (Å²) < 4.78 is 4.98.